The van der Waals surface area contributed by atoms with Crippen molar-refractivity contribution in [3.05, 3.63) is 0 Å². The minimum absolute atomic E-state index is 0.245. The summed E-state index contributed by atoms with van der Waals surface area (Å²) >= 11 is 0. The van der Waals surface area contributed by atoms with Gasteiger partial charge in [-0.1, -0.05) is 6.92 Å². The fraction of sp³-hybridized carbons (Fsp3) is 0.667. The lowest BCUT2D eigenvalue weighted by atomic mass is 10.0. The molecule has 0 spiro atoms. The summed E-state index contributed by atoms with van der Waals surface area (Å²) in [5.74, 6) is -2.29. The summed E-state index contributed by atoms with van der Waals surface area (Å²) in [7, 11) is 0. The predicted molar refractivity (Wildman–Crippen MR) is 48.9 cm³/mol. The Morgan fingerprint density at radius 2 is 2.27 bits per heavy atom. The van der Waals surface area contributed by atoms with Gasteiger partial charge in [0.1, 0.15) is 6.54 Å². The second-order valence-electron chi connectivity index (χ2n) is 3.38. The topological polar surface area (TPSA) is 92.7 Å². The Morgan fingerprint density at radius 3 is 2.73 bits per heavy atom. The number of carbonyl (C=O) groups excluding carboxylic acids is 2. The van der Waals surface area contributed by atoms with Crippen molar-refractivity contribution in [1.29, 1.82) is 0 Å². The van der Waals surface area contributed by atoms with E-state index in [2.05, 4.69) is 5.32 Å². The largest absolute Gasteiger partial charge is 0.480 e. The van der Waals surface area contributed by atoms with Gasteiger partial charge in [-0.25, -0.2) is 0 Å². The molecule has 1 rings (SSSR count). The summed E-state index contributed by atoms with van der Waals surface area (Å²) in [4.78, 5) is 32.6. The van der Waals surface area contributed by atoms with Gasteiger partial charge in [-0.15, -0.1) is 0 Å². The van der Waals surface area contributed by atoms with Crippen LogP contribution in [0, 0.1) is 5.92 Å². The molecule has 0 saturated carbocycles. The van der Waals surface area contributed by atoms with Crippen LogP contribution in [0.1, 0.15) is 19.8 Å². The van der Waals surface area contributed by atoms with Crippen molar-refractivity contribution in [1.82, 2.24) is 5.32 Å². The van der Waals surface area contributed by atoms with Gasteiger partial charge < -0.3 is 15.2 Å². The molecular weight excluding hydrogens is 202 g/mol. The minimum Gasteiger partial charge on any atom is -0.480 e. The second-order valence-corrected chi connectivity index (χ2v) is 3.38. The SMILES string of the molecule is CCC1CC(C(=O)NCC(=O)O)OC1=O. The maximum absolute atomic E-state index is 11.3. The number of aliphatic carboxylic acids is 1. The Labute approximate surface area is 86.6 Å². The second kappa shape index (κ2) is 4.77. The monoisotopic (exact) mass is 215 g/mol. The van der Waals surface area contributed by atoms with E-state index >= 15 is 0 Å². The van der Waals surface area contributed by atoms with Crippen LogP contribution < -0.4 is 5.32 Å². The highest BCUT2D eigenvalue weighted by Gasteiger charge is 2.37. The Morgan fingerprint density at radius 1 is 1.60 bits per heavy atom. The fourth-order valence-electron chi connectivity index (χ4n) is 1.41. The molecule has 0 bridgehead atoms. The van der Waals surface area contributed by atoms with Crippen LogP contribution in [0.25, 0.3) is 0 Å². The summed E-state index contributed by atoms with van der Waals surface area (Å²) in [5, 5.41) is 10.5. The highest BCUT2D eigenvalue weighted by molar-refractivity contribution is 5.89. The van der Waals surface area contributed by atoms with Gasteiger partial charge in [0.05, 0.1) is 5.92 Å². The van der Waals surface area contributed by atoms with Crippen molar-refractivity contribution >= 4 is 17.8 Å². The van der Waals surface area contributed by atoms with Crippen LogP contribution >= 0.6 is 0 Å². The van der Waals surface area contributed by atoms with Crippen LogP contribution in [0.5, 0.6) is 0 Å². The van der Waals surface area contributed by atoms with Gasteiger partial charge in [0.15, 0.2) is 6.10 Å². The van der Waals surface area contributed by atoms with Crippen LogP contribution in [0.4, 0.5) is 0 Å². The molecule has 0 aliphatic carbocycles. The molecule has 6 nitrogen and oxygen atoms in total. The third-order valence-corrected chi connectivity index (χ3v) is 2.29. The molecule has 1 saturated heterocycles. The van der Waals surface area contributed by atoms with E-state index in [1.165, 1.54) is 0 Å². The first-order valence-corrected chi connectivity index (χ1v) is 4.74. The van der Waals surface area contributed by atoms with Gasteiger partial charge in [-0.05, 0) is 6.42 Å². The number of carbonyl (C=O) groups is 3. The molecule has 84 valence electrons. The number of carboxylic acid groups (broad SMARTS) is 1. The van der Waals surface area contributed by atoms with Crippen molar-refractivity contribution < 1.29 is 24.2 Å². The summed E-state index contributed by atoms with van der Waals surface area (Å²) in [6, 6.07) is 0. The van der Waals surface area contributed by atoms with E-state index in [0.717, 1.165) is 0 Å². The molecule has 2 atom stereocenters. The average Bonchev–Trinajstić information content (AvgIpc) is 2.56. The van der Waals surface area contributed by atoms with Crippen LogP contribution in [-0.2, 0) is 19.1 Å². The zero-order valence-electron chi connectivity index (χ0n) is 8.36. The summed E-state index contributed by atoms with van der Waals surface area (Å²) in [5.41, 5.74) is 0. The number of rotatable bonds is 4. The molecule has 0 aromatic carbocycles. The number of carboxylic acids is 1. The Kier molecular flexibility index (Phi) is 3.65. The number of hydrogen-bond donors (Lipinski definition) is 2. The maximum atomic E-state index is 11.3. The molecule has 1 amide bonds. The predicted octanol–water partition coefficient (Wildman–Crippen LogP) is -0.471. The average molecular weight is 215 g/mol. The number of nitrogens with one attached hydrogen (secondary N) is 1. The lowest BCUT2D eigenvalue weighted by molar-refractivity contribution is -0.150. The van der Waals surface area contributed by atoms with Gasteiger partial charge in [0, 0.05) is 6.42 Å². The maximum Gasteiger partial charge on any atom is 0.322 e. The van der Waals surface area contributed by atoms with Crippen molar-refractivity contribution in [2.75, 3.05) is 6.54 Å². The van der Waals surface area contributed by atoms with Crippen LogP contribution in [0.15, 0.2) is 0 Å². The summed E-state index contributed by atoms with van der Waals surface area (Å²) in [6.07, 6.45) is 0.129. The van der Waals surface area contributed by atoms with Gasteiger partial charge in [-0.2, -0.15) is 0 Å². The van der Waals surface area contributed by atoms with E-state index in [4.69, 9.17) is 9.84 Å². The first-order valence-electron chi connectivity index (χ1n) is 4.74. The third-order valence-electron chi connectivity index (χ3n) is 2.29. The zero-order chi connectivity index (χ0) is 11.4. The van der Waals surface area contributed by atoms with Gasteiger partial charge in [-0.3, -0.25) is 14.4 Å². The molecule has 0 aromatic heterocycles. The number of esters is 1. The number of cyclic esters (lactones) is 1. The molecular formula is C9H13NO5. The van der Waals surface area contributed by atoms with Crippen LogP contribution in [0.3, 0.4) is 0 Å². The molecule has 15 heavy (non-hydrogen) atoms. The van der Waals surface area contributed by atoms with Crippen molar-refractivity contribution in [3.63, 3.8) is 0 Å². The quantitative estimate of drug-likeness (QED) is 0.618. The van der Waals surface area contributed by atoms with E-state index in [1.54, 1.807) is 0 Å². The number of amides is 1. The molecule has 1 fully saturated rings. The molecule has 2 unspecified atom stereocenters. The smallest absolute Gasteiger partial charge is 0.322 e. The molecule has 0 aromatic rings. The Bertz CT molecular complexity index is 288. The number of ether oxygens (including phenoxy) is 1. The van der Waals surface area contributed by atoms with Crippen molar-refractivity contribution in [2.24, 2.45) is 5.92 Å². The van der Waals surface area contributed by atoms with E-state index in [9.17, 15) is 14.4 Å². The zero-order valence-corrected chi connectivity index (χ0v) is 8.36. The first kappa shape index (κ1) is 11.5. The fourth-order valence-corrected chi connectivity index (χ4v) is 1.41. The van der Waals surface area contributed by atoms with Gasteiger partial charge in [0.2, 0.25) is 0 Å². The van der Waals surface area contributed by atoms with E-state index < -0.39 is 24.5 Å². The van der Waals surface area contributed by atoms with E-state index in [0.29, 0.717) is 12.8 Å². The molecule has 1 aliphatic heterocycles. The van der Waals surface area contributed by atoms with Crippen LogP contribution in [-0.4, -0.2) is 35.6 Å². The first-order chi connectivity index (χ1) is 7.04. The third kappa shape index (κ3) is 2.93. The Balaban J connectivity index is 2.42. The minimum atomic E-state index is -1.13. The lowest BCUT2D eigenvalue weighted by Crippen LogP contribution is -2.37. The standard InChI is InChI=1S/C9H13NO5/c1-2-5-3-6(15-9(5)14)8(13)10-4-7(11)12/h5-6H,2-4H2,1H3,(H,10,13)(H,11,12). The molecule has 1 heterocycles. The lowest BCUT2D eigenvalue weighted by Gasteiger charge is -2.07. The van der Waals surface area contributed by atoms with Crippen molar-refractivity contribution in [2.45, 2.75) is 25.9 Å². The van der Waals surface area contributed by atoms with Gasteiger partial charge >= 0.3 is 11.9 Å². The summed E-state index contributed by atoms with van der Waals surface area (Å²) < 4.78 is 4.82. The molecule has 6 heteroatoms. The Hall–Kier alpha value is -1.59. The van der Waals surface area contributed by atoms with E-state index in [-0.39, 0.29) is 11.9 Å². The van der Waals surface area contributed by atoms with Crippen molar-refractivity contribution in [3.8, 4) is 0 Å². The highest BCUT2D eigenvalue weighted by Crippen LogP contribution is 2.23. The van der Waals surface area contributed by atoms with E-state index in [1.807, 2.05) is 6.92 Å². The summed E-state index contributed by atoms with van der Waals surface area (Å²) in [6.45, 7) is 1.38. The number of hydrogen-bond acceptors (Lipinski definition) is 4. The molecule has 0 radical (unpaired) electrons. The molecule has 2 N–H and O–H groups in total. The normalized spacial score (nSPS) is 24.7. The molecule has 1 aliphatic rings. The van der Waals surface area contributed by atoms with Crippen LogP contribution in [0.2, 0.25) is 0 Å². The van der Waals surface area contributed by atoms with Gasteiger partial charge in [0.25, 0.3) is 5.91 Å². The highest BCUT2D eigenvalue weighted by atomic mass is 16.6.